The van der Waals surface area contributed by atoms with Crippen LogP contribution in [0, 0.1) is 11.8 Å². The van der Waals surface area contributed by atoms with Gasteiger partial charge in [0.15, 0.2) is 0 Å². The average Bonchev–Trinajstić information content (AvgIpc) is 2.19. The highest BCUT2D eigenvalue weighted by atomic mass is 79.9. The van der Waals surface area contributed by atoms with Crippen LogP contribution in [0.25, 0.3) is 0 Å². The molecule has 1 amide bonds. The maximum absolute atomic E-state index is 11.0. The Morgan fingerprint density at radius 2 is 2.14 bits per heavy atom. The molecule has 72 valence electrons. The highest BCUT2D eigenvalue weighted by molar-refractivity contribution is 9.09. The predicted octanol–water partition coefficient (Wildman–Crippen LogP) is 1.92. The molecule has 0 saturated heterocycles. The quantitative estimate of drug-likeness (QED) is 0.634. The molecule has 2 N–H and O–H groups in total. The van der Waals surface area contributed by atoms with Crippen molar-refractivity contribution in [3.8, 4) is 11.8 Å². The fourth-order valence-electron chi connectivity index (χ4n) is 1.01. The van der Waals surface area contributed by atoms with Gasteiger partial charge in [0.1, 0.15) is 0 Å². The van der Waals surface area contributed by atoms with Crippen molar-refractivity contribution in [2.24, 2.45) is 5.73 Å². The van der Waals surface area contributed by atoms with E-state index in [0.29, 0.717) is 11.1 Å². The van der Waals surface area contributed by atoms with Crippen LogP contribution < -0.4 is 5.73 Å². The van der Waals surface area contributed by atoms with Gasteiger partial charge in [0.25, 0.3) is 0 Å². The molecule has 0 saturated carbocycles. The van der Waals surface area contributed by atoms with E-state index < -0.39 is 5.91 Å². The minimum absolute atomic E-state index is 0.436. The maximum atomic E-state index is 11.0. The summed E-state index contributed by atoms with van der Waals surface area (Å²) < 4.78 is 0. The molecule has 3 heteroatoms. The van der Waals surface area contributed by atoms with Crippen molar-refractivity contribution in [1.29, 1.82) is 0 Å². The lowest BCUT2D eigenvalue weighted by Crippen LogP contribution is -2.12. The number of hydrogen-bond acceptors (Lipinski definition) is 1. The third-order valence-corrected chi connectivity index (χ3v) is 2.03. The van der Waals surface area contributed by atoms with Gasteiger partial charge in [-0.3, -0.25) is 4.79 Å². The van der Waals surface area contributed by atoms with E-state index in [4.69, 9.17) is 5.73 Å². The van der Waals surface area contributed by atoms with E-state index in [-0.39, 0.29) is 0 Å². The molecule has 0 unspecified atom stereocenters. The zero-order valence-corrected chi connectivity index (χ0v) is 9.17. The molecular formula is C11H10BrNO. The van der Waals surface area contributed by atoms with Gasteiger partial charge in [0.2, 0.25) is 5.91 Å². The van der Waals surface area contributed by atoms with E-state index >= 15 is 0 Å². The van der Waals surface area contributed by atoms with Crippen LogP contribution in [0.2, 0.25) is 0 Å². The van der Waals surface area contributed by atoms with Gasteiger partial charge >= 0.3 is 0 Å². The van der Waals surface area contributed by atoms with Crippen LogP contribution >= 0.6 is 15.9 Å². The Balaban J connectivity index is 2.97. The van der Waals surface area contributed by atoms with Crippen LogP contribution in [0.5, 0.6) is 0 Å². The average molecular weight is 252 g/mol. The summed E-state index contributed by atoms with van der Waals surface area (Å²) in [6.45, 7) is 0. The number of alkyl halides is 1. The van der Waals surface area contributed by atoms with Gasteiger partial charge in [-0.25, -0.2) is 0 Å². The van der Waals surface area contributed by atoms with Crippen molar-refractivity contribution < 1.29 is 4.79 Å². The van der Waals surface area contributed by atoms with E-state index in [1.165, 1.54) is 0 Å². The second-order valence-corrected chi connectivity index (χ2v) is 3.44. The molecule has 0 aromatic heterocycles. The third-order valence-electron chi connectivity index (χ3n) is 1.64. The highest BCUT2D eigenvalue weighted by Gasteiger charge is 2.03. The fourth-order valence-corrected chi connectivity index (χ4v) is 1.21. The Kier molecular flexibility index (Phi) is 4.21. The number of hydrogen-bond donors (Lipinski definition) is 1. The van der Waals surface area contributed by atoms with Crippen molar-refractivity contribution in [2.75, 3.05) is 5.33 Å². The van der Waals surface area contributed by atoms with E-state index in [1.54, 1.807) is 18.2 Å². The molecule has 1 rings (SSSR count). The molecule has 14 heavy (non-hydrogen) atoms. The van der Waals surface area contributed by atoms with Crippen molar-refractivity contribution in [3.63, 3.8) is 0 Å². The number of halogens is 1. The van der Waals surface area contributed by atoms with Gasteiger partial charge in [-0.1, -0.05) is 39.9 Å². The normalized spacial score (nSPS) is 8.93. The summed E-state index contributed by atoms with van der Waals surface area (Å²) in [5.74, 6) is 5.42. The first kappa shape index (κ1) is 10.8. The summed E-state index contributed by atoms with van der Waals surface area (Å²) in [5.41, 5.74) is 6.38. The van der Waals surface area contributed by atoms with Gasteiger partial charge in [-0.15, -0.1) is 0 Å². The zero-order valence-electron chi connectivity index (χ0n) is 7.59. The van der Waals surface area contributed by atoms with Crippen molar-refractivity contribution in [1.82, 2.24) is 0 Å². The van der Waals surface area contributed by atoms with Gasteiger partial charge in [-0.2, -0.15) is 0 Å². The first-order chi connectivity index (χ1) is 6.75. The lowest BCUT2D eigenvalue weighted by Gasteiger charge is -1.97. The Morgan fingerprint density at radius 1 is 1.43 bits per heavy atom. The van der Waals surface area contributed by atoms with Crippen molar-refractivity contribution in [3.05, 3.63) is 35.4 Å². The molecular weight excluding hydrogens is 242 g/mol. The molecule has 0 spiro atoms. The van der Waals surface area contributed by atoms with E-state index in [9.17, 15) is 4.79 Å². The molecule has 0 radical (unpaired) electrons. The molecule has 0 aliphatic carbocycles. The standard InChI is InChI=1S/C11H10BrNO/c12-8-4-3-6-9-5-1-2-7-10(9)11(13)14/h1-2,5,7H,4,8H2,(H2,13,14). The first-order valence-electron chi connectivity index (χ1n) is 4.19. The smallest absolute Gasteiger partial charge is 0.249 e. The molecule has 1 aromatic rings. The lowest BCUT2D eigenvalue weighted by molar-refractivity contribution is 0.1000. The minimum Gasteiger partial charge on any atom is -0.366 e. The van der Waals surface area contributed by atoms with Gasteiger partial charge in [0, 0.05) is 17.3 Å². The van der Waals surface area contributed by atoms with Gasteiger partial charge in [-0.05, 0) is 12.1 Å². The summed E-state index contributed by atoms with van der Waals surface area (Å²) in [4.78, 5) is 11.0. The summed E-state index contributed by atoms with van der Waals surface area (Å²) in [5, 5.41) is 0.832. The lowest BCUT2D eigenvalue weighted by atomic mass is 10.1. The largest absolute Gasteiger partial charge is 0.366 e. The van der Waals surface area contributed by atoms with E-state index in [2.05, 4.69) is 27.8 Å². The Hall–Kier alpha value is -1.27. The molecule has 1 aromatic carbocycles. The predicted molar refractivity (Wildman–Crippen MR) is 60.2 cm³/mol. The Bertz CT molecular complexity index is 390. The van der Waals surface area contributed by atoms with Crippen LogP contribution in [0.3, 0.4) is 0 Å². The van der Waals surface area contributed by atoms with E-state index in [0.717, 1.165) is 11.8 Å². The number of primary amides is 1. The molecule has 0 aliphatic rings. The molecule has 0 aliphatic heterocycles. The van der Waals surface area contributed by atoms with Crippen molar-refractivity contribution >= 4 is 21.8 Å². The van der Waals surface area contributed by atoms with Crippen molar-refractivity contribution in [2.45, 2.75) is 6.42 Å². The number of carbonyl (C=O) groups is 1. The summed E-state index contributed by atoms with van der Waals surface area (Å²) in [6.07, 6.45) is 0.757. The maximum Gasteiger partial charge on any atom is 0.249 e. The summed E-state index contributed by atoms with van der Waals surface area (Å²) >= 11 is 3.28. The summed E-state index contributed by atoms with van der Waals surface area (Å²) in [6, 6.07) is 7.09. The van der Waals surface area contributed by atoms with Gasteiger partial charge < -0.3 is 5.73 Å². The molecule has 0 heterocycles. The topological polar surface area (TPSA) is 43.1 Å². The highest BCUT2D eigenvalue weighted by Crippen LogP contribution is 2.05. The SMILES string of the molecule is NC(=O)c1ccccc1C#CCCBr. The monoisotopic (exact) mass is 251 g/mol. The fraction of sp³-hybridized carbons (Fsp3) is 0.182. The zero-order chi connectivity index (χ0) is 10.4. The second kappa shape index (κ2) is 5.46. The number of amides is 1. The van der Waals surface area contributed by atoms with Crippen LogP contribution in [0.1, 0.15) is 22.3 Å². The van der Waals surface area contributed by atoms with Crippen LogP contribution in [-0.2, 0) is 0 Å². The van der Waals surface area contributed by atoms with Gasteiger partial charge in [0.05, 0.1) is 5.56 Å². The minimum atomic E-state index is -0.436. The number of benzene rings is 1. The number of rotatable bonds is 2. The summed E-state index contributed by atoms with van der Waals surface area (Å²) in [7, 11) is 0. The van der Waals surface area contributed by atoms with Crippen LogP contribution in [-0.4, -0.2) is 11.2 Å². The first-order valence-corrected chi connectivity index (χ1v) is 5.31. The molecule has 0 atom stereocenters. The number of nitrogens with two attached hydrogens (primary N) is 1. The second-order valence-electron chi connectivity index (χ2n) is 2.65. The molecule has 2 nitrogen and oxygen atoms in total. The van der Waals surface area contributed by atoms with Crippen LogP contribution in [0.4, 0.5) is 0 Å². The molecule has 0 bridgehead atoms. The Labute approximate surface area is 91.6 Å². The third kappa shape index (κ3) is 2.90. The van der Waals surface area contributed by atoms with E-state index in [1.807, 2.05) is 6.07 Å². The Morgan fingerprint density at radius 3 is 2.79 bits per heavy atom. The van der Waals surface area contributed by atoms with Crippen LogP contribution in [0.15, 0.2) is 24.3 Å². The molecule has 0 fully saturated rings. The number of carbonyl (C=O) groups excluding carboxylic acids is 1.